The van der Waals surface area contributed by atoms with E-state index < -0.39 is 0 Å². The molecule has 0 aliphatic heterocycles. The molecule has 0 bridgehead atoms. The third kappa shape index (κ3) is 3.87. The molecule has 1 aromatic carbocycles. The average molecular weight is 402 g/mol. The van der Waals surface area contributed by atoms with Crippen LogP contribution in [-0.2, 0) is 6.42 Å². The minimum absolute atomic E-state index is 0.0220. The number of hydrogen-bond donors (Lipinski definition) is 1. The second-order valence-corrected chi connectivity index (χ2v) is 6.19. The molecule has 20 heavy (non-hydrogen) atoms. The molecular formula is C15H15Br2FN2. The zero-order valence-electron chi connectivity index (χ0n) is 11.0. The van der Waals surface area contributed by atoms with Crippen LogP contribution in [0, 0.1) is 5.82 Å². The van der Waals surface area contributed by atoms with Crippen LogP contribution in [0.25, 0.3) is 0 Å². The number of likely N-dealkylation sites (N-methyl/N-ethyl adjacent to an activating group) is 1. The molecule has 0 saturated heterocycles. The fourth-order valence-electron chi connectivity index (χ4n) is 2.07. The van der Waals surface area contributed by atoms with Crippen LogP contribution in [0.3, 0.4) is 0 Å². The predicted molar refractivity (Wildman–Crippen MR) is 86.2 cm³/mol. The maximum Gasteiger partial charge on any atom is 0.127 e. The van der Waals surface area contributed by atoms with E-state index in [-0.39, 0.29) is 11.9 Å². The highest BCUT2D eigenvalue weighted by Gasteiger charge is 2.17. The van der Waals surface area contributed by atoms with Crippen molar-refractivity contribution in [3.63, 3.8) is 0 Å². The maximum atomic E-state index is 14.0. The third-order valence-corrected chi connectivity index (χ3v) is 4.17. The zero-order chi connectivity index (χ0) is 14.5. The Morgan fingerprint density at radius 2 is 2.10 bits per heavy atom. The van der Waals surface area contributed by atoms with E-state index in [1.165, 1.54) is 6.07 Å². The second-order valence-electron chi connectivity index (χ2n) is 4.42. The van der Waals surface area contributed by atoms with Crippen LogP contribution in [0.4, 0.5) is 4.39 Å². The summed E-state index contributed by atoms with van der Waals surface area (Å²) in [6, 6.07) is 8.95. The Morgan fingerprint density at radius 1 is 1.30 bits per heavy atom. The number of nitrogens with zero attached hydrogens (tertiary/aromatic N) is 1. The highest BCUT2D eigenvalue weighted by Crippen LogP contribution is 2.25. The molecule has 1 heterocycles. The molecule has 0 amide bonds. The van der Waals surface area contributed by atoms with Crippen molar-refractivity contribution in [2.45, 2.75) is 19.4 Å². The van der Waals surface area contributed by atoms with Crippen LogP contribution in [0.5, 0.6) is 0 Å². The van der Waals surface area contributed by atoms with Gasteiger partial charge < -0.3 is 5.32 Å². The van der Waals surface area contributed by atoms with Gasteiger partial charge in [-0.25, -0.2) is 4.39 Å². The summed E-state index contributed by atoms with van der Waals surface area (Å²) in [5.41, 5.74) is 1.58. The first-order valence-corrected chi connectivity index (χ1v) is 7.98. The van der Waals surface area contributed by atoms with Crippen molar-refractivity contribution in [3.05, 3.63) is 62.5 Å². The Hall–Kier alpha value is -0.780. The van der Waals surface area contributed by atoms with E-state index in [0.717, 1.165) is 21.2 Å². The summed E-state index contributed by atoms with van der Waals surface area (Å²) >= 11 is 6.78. The highest BCUT2D eigenvalue weighted by atomic mass is 79.9. The standard InChI is InChI=1S/C15H15Br2FN2/c1-2-19-14(15-12(17)4-3-7-20-15)8-10-5-6-11(16)9-13(10)18/h3-7,9,14,19H,2,8H2,1H3. The number of pyridine rings is 1. The molecule has 0 fully saturated rings. The molecule has 1 atom stereocenters. The van der Waals surface area contributed by atoms with Crippen molar-refractivity contribution in [2.24, 2.45) is 0 Å². The van der Waals surface area contributed by atoms with Crippen molar-refractivity contribution in [3.8, 4) is 0 Å². The minimum Gasteiger partial charge on any atom is -0.309 e. The van der Waals surface area contributed by atoms with Gasteiger partial charge in [-0.2, -0.15) is 0 Å². The Kier molecular flexibility index (Phi) is 5.69. The van der Waals surface area contributed by atoms with E-state index in [4.69, 9.17) is 0 Å². The van der Waals surface area contributed by atoms with E-state index in [9.17, 15) is 4.39 Å². The molecule has 5 heteroatoms. The molecule has 0 saturated carbocycles. The number of halogens is 3. The van der Waals surface area contributed by atoms with Crippen LogP contribution in [0.1, 0.15) is 24.2 Å². The van der Waals surface area contributed by atoms with Crippen molar-refractivity contribution in [1.82, 2.24) is 10.3 Å². The highest BCUT2D eigenvalue weighted by molar-refractivity contribution is 9.10. The molecule has 2 nitrogen and oxygen atoms in total. The zero-order valence-corrected chi connectivity index (χ0v) is 14.2. The first kappa shape index (κ1) is 15.6. The molecule has 2 aromatic rings. The normalized spacial score (nSPS) is 12.4. The van der Waals surface area contributed by atoms with Gasteiger partial charge in [0, 0.05) is 15.1 Å². The van der Waals surface area contributed by atoms with Gasteiger partial charge in [0.05, 0.1) is 11.7 Å². The van der Waals surface area contributed by atoms with Gasteiger partial charge in [-0.15, -0.1) is 0 Å². The van der Waals surface area contributed by atoms with Crippen molar-refractivity contribution >= 4 is 31.9 Å². The predicted octanol–water partition coefficient (Wildman–Crippen LogP) is 4.64. The topological polar surface area (TPSA) is 24.9 Å². The largest absolute Gasteiger partial charge is 0.309 e. The summed E-state index contributed by atoms with van der Waals surface area (Å²) in [5.74, 6) is -0.200. The maximum absolute atomic E-state index is 14.0. The number of benzene rings is 1. The van der Waals surface area contributed by atoms with Crippen LogP contribution >= 0.6 is 31.9 Å². The van der Waals surface area contributed by atoms with E-state index in [1.807, 2.05) is 25.1 Å². The van der Waals surface area contributed by atoms with Gasteiger partial charge in [0.25, 0.3) is 0 Å². The lowest BCUT2D eigenvalue weighted by Gasteiger charge is -2.19. The van der Waals surface area contributed by atoms with Gasteiger partial charge in [0.2, 0.25) is 0 Å². The summed E-state index contributed by atoms with van der Waals surface area (Å²) in [5, 5.41) is 3.36. The lowest BCUT2D eigenvalue weighted by Crippen LogP contribution is -2.24. The second kappa shape index (κ2) is 7.29. The smallest absolute Gasteiger partial charge is 0.127 e. The van der Waals surface area contributed by atoms with Crippen molar-refractivity contribution in [1.29, 1.82) is 0 Å². The lowest BCUT2D eigenvalue weighted by atomic mass is 10.0. The molecule has 0 spiro atoms. The van der Waals surface area contributed by atoms with Gasteiger partial charge in [-0.3, -0.25) is 4.98 Å². The molecule has 2 rings (SSSR count). The van der Waals surface area contributed by atoms with Crippen LogP contribution in [0.2, 0.25) is 0 Å². The van der Waals surface area contributed by atoms with Crippen LogP contribution < -0.4 is 5.32 Å². The molecule has 1 N–H and O–H groups in total. The van der Waals surface area contributed by atoms with Gasteiger partial charge in [-0.05, 0) is 58.7 Å². The number of nitrogens with one attached hydrogen (secondary N) is 1. The van der Waals surface area contributed by atoms with Crippen molar-refractivity contribution < 1.29 is 4.39 Å². The molecular weight excluding hydrogens is 387 g/mol. The summed E-state index contributed by atoms with van der Waals surface area (Å²) < 4.78 is 15.7. The molecule has 0 aliphatic carbocycles. The van der Waals surface area contributed by atoms with Gasteiger partial charge in [0.15, 0.2) is 0 Å². The summed E-state index contributed by atoms with van der Waals surface area (Å²) in [7, 11) is 0. The molecule has 1 unspecified atom stereocenters. The average Bonchev–Trinajstić information content (AvgIpc) is 2.42. The Balaban J connectivity index is 2.28. The molecule has 1 aromatic heterocycles. The van der Waals surface area contributed by atoms with E-state index >= 15 is 0 Å². The van der Waals surface area contributed by atoms with Gasteiger partial charge in [0.1, 0.15) is 5.82 Å². The van der Waals surface area contributed by atoms with Gasteiger partial charge >= 0.3 is 0 Å². The monoisotopic (exact) mass is 400 g/mol. The molecule has 0 radical (unpaired) electrons. The Morgan fingerprint density at radius 3 is 2.75 bits per heavy atom. The SMILES string of the molecule is CCNC(Cc1ccc(Br)cc1F)c1ncccc1Br. The number of aromatic nitrogens is 1. The summed E-state index contributed by atoms with van der Waals surface area (Å²) in [6.07, 6.45) is 2.31. The summed E-state index contributed by atoms with van der Waals surface area (Å²) in [6.45, 7) is 2.83. The van der Waals surface area contributed by atoms with Crippen molar-refractivity contribution in [2.75, 3.05) is 6.54 Å². The Bertz CT molecular complexity index is 590. The van der Waals surface area contributed by atoms with Gasteiger partial charge in [-0.1, -0.05) is 28.9 Å². The number of rotatable bonds is 5. The fourth-order valence-corrected chi connectivity index (χ4v) is 2.94. The lowest BCUT2D eigenvalue weighted by molar-refractivity contribution is 0.516. The quantitative estimate of drug-likeness (QED) is 0.789. The van der Waals surface area contributed by atoms with Crippen LogP contribution in [-0.4, -0.2) is 11.5 Å². The summed E-state index contributed by atoms with van der Waals surface area (Å²) in [4.78, 5) is 4.40. The minimum atomic E-state index is -0.200. The molecule has 0 aliphatic rings. The first-order chi connectivity index (χ1) is 9.61. The molecule has 106 valence electrons. The Labute approximate surface area is 135 Å². The van der Waals surface area contributed by atoms with E-state index in [1.54, 1.807) is 12.3 Å². The fraction of sp³-hybridized carbons (Fsp3) is 0.267. The third-order valence-electron chi connectivity index (χ3n) is 3.01. The van der Waals surface area contributed by atoms with E-state index in [0.29, 0.717) is 12.0 Å². The van der Waals surface area contributed by atoms with Crippen LogP contribution in [0.15, 0.2) is 45.5 Å². The first-order valence-electron chi connectivity index (χ1n) is 6.39. The number of hydrogen-bond acceptors (Lipinski definition) is 2. The van der Waals surface area contributed by atoms with E-state index in [2.05, 4.69) is 42.2 Å².